The maximum Gasteiger partial charge on any atom is 0.333 e. The molecule has 0 bridgehead atoms. The zero-order chi connectivity index (χ0) is 33.0. The third-order valence-corrected chi connectivity index (χ3v) is 8.65. The summed E-state index contributed by atoms with van der Waals surface area (Å²) in [7, 11) is 0. The average Bonchev–Trinajstić information content (AvgIpc) is 3.64. The van der Waals surface area contributed by atoms with Crippen LogP contribution in [-0.2, 0) is 42.9 Å². The minimum absolute atomic E-state index is 0.217. The second-order valence-electron chi connectivity index (χ2n) is 12.0. The summed E-state index contributed by atoms with van der Waals surface area (Å²) < 4.78 is 29.5. The number of carbonyl (C=O) groups is 4. The Hall–Kier alpha value is -3.02. The maximum atomic E-state index is 13.2. The standard InChI is InChI=1S/C32H48O11/c1-12-17(6)28(35)40-23-21(16(4)5)15-22(34)31(10,38)25(41-29(36)18(7)13-2)24(39-20(9)33)27-32(11,43-27)26(23)42-30(37)19(8)14-3/h13-14,17,21-27,34,38H,4,12,15H2,1-3,5-11H3/b18-13-,19-14-/t17-,21-,22-,23+,24-,25+,26+,27-,31+,32+/m1/s1. The number of epoxide rings is 1. The molecule has 0 aromatic rings. The summed E-state index contributed by atoms with van der Waals surface area (Å²) in [6.45, 7) is 19.6. The summed E-state index contributed by atoms with van der Waals surface area (Å²) in [5, 5.41) is 23.4. The van der Waals surface area contributed by atoms with E-state index < -0.39 is 83.5 Å². The van der Waals surface area contributed by atoms with Crippen LogP contribution in [0.4, 0.5) is 0 Å². The van der Waals surface area contributed by atoms with Crippen LogP contribution in [0.5, 0.6) is 0 Å². The smallest absolute Gasteiger partial charge is 0.333 e. The number of fused-ring (bicyclic) bond motifs is 1. The molecule has 2 aliphatic rings. The minimum Gasteiger partial charge on any atom is -0.457 e. The molecule has 0 aromatic heterocycles. The first-order valence-electron chi connectivity index (χ1n) is 14.7. The molecular weight excluding hydrogens is 560 g/mol. The Bertz CT molecular complexity index is 1150. The van der Waals surface area contributed by atoms with E-state index in [0.29, 0.717) is 12.0 Å². The van der Waals surface area contributed by atoms with E-state index in [4.69, 9.17) is 23.7 Å². The van der Waals surface area contributed by atoms with Gasteiger partial charge in [0.1, 0.15) is 23.4 Å². The first-order valence-corrected chi connectivity index (χ1v) is 14.7. The van der Waals surface area contributed by atoms with Crippen LogP contribution in [0.2, 0.25) is 0 Å². The van der Waals surface area contributed by atoms with Crippen LogP contribution in [0.15, 0.2) is 35.5 Å². The molecule has 1 heterocycles. The number of allylic oxidation sites excluding steroid dienone is 2. The summed E-state index contributed by atoms with van der Waals surface area (Å²) in [6, 6.07) is 0. The molecule has 1 aliphatic heterocycles. The van der Waals surface area contributed by atoms with Gasteiger partial charge in [-0.1, -0.05) is 38.2 Å². The van der Waals surface area contributed by atoms with Crippen molar-refractivity contribution in [1.29, 1.82) is 0 Å². The number of esters is 4. The summed E-state index contributed by atoms with van der Waals surface area (Å²) in [5.74, 6) is -4.19. The predicted molar refractivity (Wildman–Crippen MR) is 156 cm³/mol. The van der Waals surface area contributed by atoms with Gasteiger partial charge in [-0.15, -0.1) is 0 Å². The van der Waals surface area contributed by atoms with E-state index in [1.165, 1.54) is 19.9 Å². The molecule has 0 aromatic carbocycles. The van der Waals surface area contributed by atoms with Crippen LogP contribution >= 0.6 is 0 Å². The lowest BCUT2D eigenvalue weighted by Crippen LogP contribution is -2.62. The third kappa shape index (κ3) is 7.93. The van der Waals surface area contributed by atoms with Crippen molar-refractivity contribution in [3.63, 3.8) is 0 Å². The number of hydrogen-bond donors (Lipinski definition) is 2. The maximum absolute atomic E-state index is 13.2. The molecule has 2 N–H and O–H groups in total. The van der Waals surface area contributed by atoms with Crippen molar-refractivity contribution in [2.45, 2.75) is 130 Å². The molecule has 11 nitrogen and oxygen atoms in total. The van der Waals surface area contributed by atoms with E-state index in [1.54, 1.807) is 47.6 Å². The average molecular weight is 609 g/mol. The quantitative estimate of drug-likeness (QED) is 0.130. The van der Waals surface area contributed by atoms with Gasteiger partial charge in [-0.25, -0.2) is 9.59 Å². The molecule has 11 heteroatoms. The van der Waals surface area contributed by atoms with Crippen molar-refractivity contribution in [3.05, 3.63) is 35.5 Å². The summed E-state index contributed by atoms with van der Waals surface area (Å²) in [5.41, 5.74) is -2.67. The van der Waals surface area contributed by atoms with Gasteiger partial charge in [0.25, 0.3) is 0 Å². The van der Waals surface area contributed by atoms with Crippen LogP contribution in [0.3, 0.4) is 0 Å². The molecule has 0 spiro atoms. The molecular formula is C32H48O11. The highest BCUT2D eigenvalue weighted by atomic mass is 16.7. The molecule has 242 valence electrons. The van der Waals surface area contributed by atoms with Crippen molar-refractivity contribution in [2.24, 2.45) is 11.8 Å². The number of ether oxygens (including phenoxy) is 5. The van der Waals surface area contributed by atoms with E-state index in [2.05, 4.69) is 6.58 Å². The van der Waals surface area contributed by atoms with Crippen molar-refractivity contribution in [3.8, 4) is 0 Å². The van der Waals surface area contributed by atoms with Gasteiger partial charge in [0.2, 0.25) is 0 Å². The SMILES string of the molecule is C=C(C)[C@H]1C[C@@H](O)[C@](C)(O)[C@@H](OC(=O)/C(C)=C\C)[C@@H](OC(C)=O)[C@H]2O[C@@]2(C)[C@@H](OC(=O)/C(C)=C\C)[C@H]1OC(=O)[C@H](C)CC. The lowest BCUT2D eigenvalue weighted by Gasteiger charge is -2.44. The molecule has 2 rings (SSSR count). The molecule has 0 radical (unpaired) electrons. The lowest BCUT2D eigenvalue weighted by atomic mass is 9.74. The molecule has 0 unspecified atom stereocenters. The van der Waals surface area contributed by atoms with Gasteiger partial charge in [-0.2, -0.15) is 0 Å². The lowest BCUT2D eigenvalue weighted by molar-refractivity contribution is -0.211. The Morgan fingerprint density at radius 3 is 1.88 bits per heavy atom. The van der Waals surface area contributed by atoms with E-state index in [0.717, 1.165) is 6.92 Å². The fraction of sp³-hybridized carbons (Fsp3) is 0.688. The fourth-order valence-electron chi connectivity index (χ4n) is 5.07. The largest absolute Gasteiger partial charge is 0.457 e. The third-order valence-electron chi connectivity index (χ3n) is 8.65. The van der Waals surface area contributed by atoms with Gasteiger partial charge in [0.15, 0.2) is 18.3 Å². The Labute approximate surface area is 254 Å². The number of aliphatic hydroxyl groups excluding tert-OH is 1. The second-order valence-corrected chi connectivity index (χ2v) is 12.0. The normalized spacial score (nSPS) is 35.5. The van der Waals surface area contributed by atoms with Gasteiger partial charge < -0.3 is 33.9 Å². The number of hydrogen-bond acceptors (Lipinski definition) is 11. The molecule has 10 atom stereocenters. The highest BCUT2D eigenvalue weighted by molar-refractivity contribution is 5.88. The number of carbonyl (C=O) groups excluding carboxylic acids is 4. The summed E-state index contributed by atoms with van der Waals surface area (Å²) in [4.78, 5) is 51.7. The fourth-order valence-corrected chi connectivity index (χ4v) is 5.07. The Morgan fingerprint density at radius 1 is 0.930 bits per heavy atom. The van der Waals surface area contributed by atoms with Crippen molar-refractivity contribution in [1.82, 2.24) is 0 Å². The van der Waals surface area contributed by atoms with Crippen LogP contribution < -0.4 is 0 Å². The molecule has 0 amide bonds. The first kappa shape index (κ1) is 36.2. The minimum atomic E-state index is -2.19. The molecule has 43 heavy (non-hydrogen) atoms. The molecule has 2 fully saturated rings. The first-order chi connectivity index (χ1) is 19.9. The van der Waals surface area contributed by atoms with E-state index in [9.17, 15) is 29.4 Å². The van der Waals surface area contributed by atoms with Gasteiger partial charge in [0, 0.05) is 24.0 Å². The van der Waals surface area contributed by atoms with Crippen molar-refractivity contribution in [2.75, 3.05) is 0 Å². The summed E-state index contributed by atoms with van der Waals surface area (Å²) >= 11 is 0. The van der Waals surface area contributed by atoms with Crippen molar-refractivity contribution < 1.29 is 53.1 Å². The van der Waals surface area contributed by atoms with Gasteiger partial charge >= 0.3 is 23.9 Å². The van der Waals surface area contributed by atoms with Gasteiger partial charge in [-0.05, 0) is 61.3 Å². The van der Waals surface area contributed by atoms with E-state index in [-0.39, 0.29) is 17.6 Å². The van der Waals surface area contributed by atoms with E-state index >= 15 is 0 Å². The Kier molecular flexibility index (Phi) is 11.9. The monoisotopic (exact) mass is 608 g/mol. The highest BCUT2D eigenvalue weighted by Gasteiger charge is 2.71. The van der Waals surface area contributed by atoms with Crippen LogP contribution in [0.1, 0.15) is 82.1 Å². The predicted octanol–water partition coefficient (Wildman–Crippen LogP) is 3.50. The van der Waals surface area contributed by atoms with Crippen molar-refractivity contribution >= 4 is 23.9 Å². The summed E-state index contributed by atoms with van der Waals surface area (Å²) in [6.07, 6.45) is -4.99. The van der Waals surface area contributed by atoms with E-state index in [1.807, 2.05) is 6.92 Å². The van der Waals surface area contributed by atoms with Crippen LogP contribution in [-0.4, -0.2) is 81.9 Å². The van der Waals surface area contributed by atoms with Crippen LogP contribution in [0, 0.1) is 11.8 Å². The highest BCUT2D eigenvalue weighted by Crippen LogP contribution is 2.51. The topological polar surface area (TPSA) is 158 Å². The molecule has 1 saturated carbocycles. The molecule has 1 aliphatic carbocycles. The zero-order valence-electron chi connectivity index (χ0n) is 27.0. The van der Waals surface area contributed by atoms with Crippen LogP contribution in [0.25, 0.3) is 0 Å². The van der Waals surface area contributed by atoms with Gasteiger partial charge in [0.05, 0.1) is 12.0 Å². The molecule has 1 saturated heterocycles. The Morgan fingerprint density at radius 2 is 1.44 bits per heavy atom. The number of aliphatic hydroxyl groups is 2. The second kappa shape index (κ2) is 14.2. The van der Waals surface area contributed by atoms with Gasteiger partial charge in [-0.3, -0.25) is 9.59 Å². The Balaban J connectivity index is 2.84. The zero-order valence-corrected chi connectivity index (χ0v) is 27.0. The number of rotatable bonds is 9.